The lowest BCUT2D eigenvalue weighted by Gasteiger charge is -2.34. The molecule has 2 atom stereocenters. The third-order valence-corrected chi connectivity index (χ3v) is 5.55. The zero-order valence-electron chi connectivity index (χ0n) is 13.7. The van der Waals surface area contributed by atoms with Gasteiger partial charge in [0.2, 0.25) is 18.6 Å². The van der Waals surface area contributed by atoms with Crippen LogP contribution in [0.1, 0.15) is 49.4 Å². The molecule has 1 aromatic heterocycles. The molecule has 1 saturated carbocycles. The van der Waals surface area contributed by atoms with Gasteiger partial charge >= 0.3 is 0 Å². The summed E-state index contributed by atoms with van der Waals surface area (Å²) in [6, 6.07) is 6.11. The maximum absolute atomic E-state index is 6.14. The average Bonchev–Trinajstić information content (AvgIpc) is 3.06. The van der Waals surface area contributed by atoms with Crippen LogP contribution < -0.4 is 9.47 Å². The first-order valence-electron chi connectivity index (χ1n) is 8.58. The lowest BCUT2D eigenvalue weighted by molar-refractivity contribution is 0.0539. The SMILES string of the molecule is C[C@@H]1C[C@@H]1c1nnc(C2(c3ccc4c(c3)OCO4)CCOCC2)o1. The minimum atomic E-state index is -0.303. The van der Waals surface area contributed by atoms with Crippen LogP contribution in [0.4, 0.5) is 0 Å². The normalized spacial score (nSPS) is 27.2. The number of benzene rings is 1. The molecule has 6 heteroatoms. The summed E-state index contributed by atoms with van der Waals surface area (Å²) in [4.78, 5) is 0. The highest BCUT2D eigenvalue weighted by Crippen LogP contribution is 2.49. The molecule has 3 heterocycles. The number of fused-ring (bicyclic) bond motifs is 1. The second kappa shape index (κ2) is 5.21. The summed E-state index contributed by atoms with van der Waals surface area (Å²) in [5.41, 5.74) is 0.830. The van der Waals surface area contributed by atoms with Crippen molar-refractivity contribution in [2.24, 2.45) is 5.92 Å². The molecule has 1 aliphatic carbocycles. The number of hydrogen-bond donors (Lipinski definition) is 0. The maximum Gasteiger partial charge on any atom is 0.231 e. The standard InChI is InChI=1S/C18H20N2O4/c1-11-8-13(11)16-19-20-17(24-16)18(4-6-21-7-5-18)12-2-3-14-15(9-12)23-10-22-14/h2-3,9,11,13H,4-8,10H2,1H3/t11-,13+/m1/s1. The molecule has 24 heavy (non-hydrogen) atoms. The van der Waals surface area contributed by atoms with Gasteiger partial charge in [-0.3, -0.25) is 0 Å². The molecule has 0 bridgehead atoms. The van der Waals surface area contributed by atoms with Gasteiger partial charge in [0.05, 0.1) is 5.41 Å². The molecule has 0 spiro atoms. The van der Waals surface area contributed by atoms with E-state index < -0.39 is 0 Å². The fourth-order valence-electron chi connectivity index (χ4n) is 3.78. The van der Waals surface area contributed by atoms with E-state index in [9.17, 15) is 0 Å². The third kappa shape index (κ3) is 2.13. The Kier molecular flexibility index (Phi) is 3.10. The molecule has 126 valence electrons. The first-order chi connectivity index (χ1) is 11.8. The Labute approximate surface area is 140 Å². The average molecular weight is 328 g/mol. The van der Waals surface area contributed by atoms with Crippen LogP contribution in [0.5, 0.6) is 11.5 Å². The molecule has 0 unspecified atom stereocenters. The molecule has 2 fully saturated rings. The lowest BCUT2D eigenvalue weighted by atomic mass is 9.74. The van der Waals surface area contributed by atoms with E-state index in [1.54, 1.807) is 0 Å². The first-order valence-corrected chi connectivity index (χ1v) is 8.58. The summed E-state index contributed by atoms with van der Waals surface area (Å²) >= 11 is 0. The summed E-state index contributed by atoms with van der Waals surface area (Å²) in [5.74, 6) is 4.14. The highest BCUT2D eigenvalue weighted by molar-refractivity contribution is 5.48. The fraction of sp³-hybridized carbons (Fsp3) is 0.556. The van der Waals surface area contributed by atoms with Crippen molar-refractivity contribution in [3.63, 3.8) is 0 Å². The molecule has 2 aliphatic heterocycles. The van der Waals surface area contributed by atoms with Crippen LogP contribution in [0.25, 0.3) is 0 Å². The number of ether oxygens (including phenoxy) is 3. The molecule has 0 N–H and O–H groups in total. The van der Waals surface area contributed by atoms with Gasteiger partial charge in [-0.15, -0.1) is 10.2 Å². The van der Waals surface area contributed by atoms with E-state index in [0.717, 1.165) is 42.2 Å². The molecule has 3 aliphatic rings. The molecule has 1 aromatic carbocycles. The van der Waals surface area contributed by atoms with E-state index in [1.165, 1.54) is 0 Å². The van der Waals surface area contributed by atoms with Crippen LogP contribution in [0.2, 0.25) is 0 Å². The maximum atomic E-state index is 6.14. The highest BCUT2D eigenvalue weighted by atomic mass is 16.7. The van der Waals surface area contributed by atoms with Crippen molar-refractivity contribution in [1.29, 1.82) is 0 Å². The van der Waals surface area contributed by atoms with Crippen LogP contribution in [-0.4, -0.2) is 30.2 Å². The molecule has 2 aromatic rings. The second-order valence-electron chi connectivity index (χ2n) is 7.03. The molecule has 6 nitrogen and oxygen atoms in total. The Balaban J connectivity index is 1.57. The molecule has 0 radical (unpaired) electrons. The van der Waals surface area contributed by atoms with Gasteiger partial charge in [0.1, 0.15) is 0 Å². The van der Waals surface area contributed by atoms with Gasteiger partial charge in [0, 0.05) is 19.1 Å². The predicted octanol–water partition coefficient (Wildman–Crippen LogP) is 3.02. The Hall–Kier alpha value is -2.08. The van der Waals surface area contributed by atoms with Gasteiger partial charge in [-0.2, -0.15) is 0 Å². The van der Waals surface area contributed by atoms with E-state index in [-0.39, 0.29) is 12.2 Å². The van der Waals surface area contributed by atoms with E-state index in [4.69, 9.17) is 18.6 Å². The van der Waals surface area contributed by atoms with E-state index in [1.807, 2.05) is 6.07 Å². The summed E-state index contributed by atoms with van der Waals surface area (Å²) in [6.07, 6.45) is 2.80. The molecule has 0 amide bonds. The van der Waals surface area contributed by atoms with E-state index in [0.29, 0.717) is 30.9 Å². The van der Waals surface area contributed by atoms with E-state index in [2.05, 4.69) is 29.3 Å². The summed E-state index contributed by atoms with van der Waals surface area (Å²) < 4.78 is 22.7. The van der Waals surface area contributed by atoms with Gasteiger partial charge in [-0.25, -0.2) is 0 Å². The molecular formula is C18H20N2O4. The van der Waals surface area contributed by atoms with Crippen LogP contribution in [-0.2, 0) is 10.2 Å². The lowest BCUT2D eigenvalue weighted by Crippen LogP contribution is -2.35. The zero-order valence-corrected chi connectivity index (χ0v) is 13.7. The topological polar surface area (TPSA) is 66.6 Å². The van der Waals surface area contributed by atoms with Crippen molar-refractivity contribution in [2.45, 2.75) is 37.5 Å². The quantitative estimate of drug-likeness (QED) is 0.863. The Morgan fingerprint density at radius 3 is 2.67 bits per heavy atom. The first kappa shape index (κ1) is 14.3. The van der Waals surface area contributed by atoms with Crippen molar-refractivity contribution in [3.8, 4) is 11.5 Å². The zero-order chi connectivity index (χ0) is 16.1. The van der Waals surface area contributed by atoms with Crippen LogP contribution in [0.3, 0.4) is 0 Å². The number of nitrogens with zero attached hydrogens (tertiary/aromatic N) is 2. The summed E-state index contributed by atoms with van der Waals surface area (Å²) in [7, 11) is 0. The van der Waals surface area contributed by atoms with Crippen molar-refractivity contribution in [1.82, 2.24) is 10.2 Å². The monoisotopic (exact) mass is 328 g/mol. The minimum Gasteiger partial charge on any atom is -0.454 e. The Morgan fingerprint density at radius 2 is 1.88 bits per heavy atom. The molecule has 1 saturated heterocycles. The molecule has 5 rings (SSSR count). The number of aromatic nitrogens is 2. The van der Waals surface area contributed by atoms with Crippen molar-refractivity contribution >= 4 is 0 Å². The van der Waals surface area contributed by atoms with Crippen LogP contribution in [0.15, 0.2) is 22.6 Å². The largest absolute Gasteiger partial charge is 0.454 e. The van der Waals surface area contributed by atoms with Gasteiger partial charge in [0.15, 0.2) is 11.5 Å². The van der Waals surface area contributed by atoms with Gasteiger partial charge in [0.25, 0.3) is 0 Å². The third-order valence-electron chi connectivity index (χ3n) is 5.55. The van der Waals surface area contributed by atoms with Crippen molar-refractivity contribution in [2.75, 3.05) is 20.0 Å². The predicted molar refractivity (Wildman–Crippen MR) is 84.2 cm³/mol. The number of hydrogen-bond acceptors (Lipinski definition) is 6. The van der Waals surface area contributed by atoms with Crippen LogP contribution in [0, 0.1) is 5.92 Å². The van der Waals surface area contributed by atoms with Crippen molar-refractivity contribution in [3.05, 3.63) is 35.5 Å². The smallest absolute Gasteiger partial charge is 0.231 e. The minimum absolute atomic E-state index is 0.277. The summed E-state index contributed by atoms with van der Waals surface area (Å²) in [5, 5.41) is 8.77. The van der Waals surface area contributed by atoms with Gasteiger partial charge in [-0.1, -0.05) is 13.0 Å². The number of rotatable bonds is 3. The highest BCUT2D eigenvalue weighted by Gasteiger charge is 2.44. The summed E-state index contributed by atoms with van der Waals surface area (Å²) in [6.45, 7) is 3.87. The van der Waals surface area contributed by atoms with Crippen LogP contribution >= 0.6 is 0 Å². The van der Waals surface area contributed by atoms with Gasteiger partial charge in [-0.05, 0) is 42.9 Å². The van der Waals surface area contributed by atoms with E-state index >= 15 is 0 Å². The Morgan fingerprint density at radius 1 is 1.08 bits per heavy atom. The second-order valence-corrected chi connectivity index (χ2v) is 7.03. The fourth-order valence-corrected chi connectivity index (χ4v) is 3.78. The van der Waals surface area contributed by atoms with Crippen molar-refractivity contribution < 1.29 is 18.6 Å². The molecular weight excluding hydrogens is 308 g/mol. The Bertz CT molecular complexity index is 766. The van der Waals surface area contributed by atoms with Gasteiger partial charge < -0.3 is 18.6 Å².